The topological polar surface area (TPSA) is 110 Å². The Kier molecular flexibility index (Phi) is 5.04. The van der Waals surface area contributed by atoms with Gasteiger partial charge in [-0.25, -0.2) is 0 Å². The lowest BCUT2D eigenvalue weighted by molar-refractivity contribution is -0.384. The number of halogens is 1. The zero-order chi connectivity index (χ0) is 15.4. The van der Waals surface area contributed by atoms with Gasteiger partial charge in [0.1, 0.15) is 5.02 Å². The minimum absolute atomic E-state index is 0.0468. The zero-order valence-corrected chi connectivity index (χ0v) is 11.5. The van der Waals surface area contributed by atoms with Crippen LogP contribution in [0.2, 0.25) is 5.02 Å². The highest BCUT2D eigenvalue weighted by molar-refractivity contribution is 6.32. The van der Waals surface area contributed by atoms with E-state index in [1.54, 1.807) is 6.92 Å². The molecule has 0 aliphatic rings. The molecule has 7 nitrogen and oxygen atoms in total. The Morgan fingerprint density at radius 3 is 2.50 bits per heavy atom. The maximum absolute atomic E-state index is 11.9. The van der Waals surface area contributed by atoms with E-state index < -0.39 is 28.8 Å². The van der Waals surface area contributed by atoms with Gasteiger partial charge in [-0.2, -0.15) is 0 Å². The maximum atomic E-state index is 11.9. The number of rotatable bonds is 5. The summed E-state index contributed by atoms with van der Waals surface area (Å²) < 4.78 is 0. The molecule has 0 fully saturated rings. The molecule has 0 spiro atoms. The molecule has 1 aromatic carbocycles. The Bertz CT molecular complexity index is 561. The number of benzene rings is 1. The SMILES string of the molecule is CC(NC(=O)c1ccc(Cl)c([N+](=O)[O-])c1)C(C)C(=O)O. The summed E-state index contributed by atoms with van der Waals surface area (Å²) >= 11 is 5.64. The van der Waals surface area contributed by atoms with Crippen molar-refractivity contribution in [2.24, 2.45) is 5.92 Å². The second-order valence-corrected chi connectivity index (χ2v) is 4.72. The zero-order valence-electron chi connectivity index (χ0n) is 10.8. The molecular weight excluding hydrogens is 288 g/mol. The van der Waals surface area contributed by atoms with Gasteiger partial charge in [-0.3, -0.25) is 19.7 Å². The molecule has 0 heterocycles. The molecule has 0 aromatic heterocycles. The fourth-order valence-corrected chi connectivity index (χ4v) is 1.61. The van der Waals surface area contributed by atoms with Crippen LogP contribution in [0.25, 0.3) is 0 Å². The summed E-state index contributed by atoms with van der Waals surface area (Å²) in [6, 6.07) is 3.02. The van der Waals surface area contributed by atoms with Crippen molar-refractivity contribution in [2.45, 2.75) is 19.9 Å². The number of carbonyl (C=O) groups excluding carboxylic acids is 1. The predicted molar refractivity (Wildman–Crippen MR) is 71.8 cm³/mol. The number of carboxylic acid groups (broad SMARTS) is 1. The number of carbonyl (C=O) groups is 2. The summed E-state index contributed by atoms with van der Waals surface area (Å²) in [5.74, 6) is -2.41. The van der Waals surface area contributed by atoms with Crippen molar-refractivity contribution in [1.82, 2.24) is 5.32 Å². The van der Waals surface area contributed by atoms with E-state index in [9.17, 15) is 19.7 Å². The number of carboxylic acids is 1. The molecule has 1 amide bonds. The van der Waals surface area contributed by atoms with E-state index in [0.29, 0.717) is 0 Å². The first kappa shape index (κ1) is 15.9. The summed E-state index contributed by atoms with van der Waals surface area (Å²) in [5.41, 5.74) is -0.330. The van der Waals surface area contributed by atoms with Crippen LogP contribution >= 0.6 is 11.6 Å². The second kappa shape index (κ2) is 6.33. The van der Waals surface area contributed by atoms with Crippen LogP contribution < -0.4 is 5.32 Å². The van der Waals surface area contributed by atoms with Crippen molar-refractivity contribution >= 4 is 29.2 Å². The van der Waals surface area contributed by atoms with Crippen molar-refractivity contribution in [2.75, 3.05) is 0 Å². The molecular formula is C12H13ClN2O5. The average molecular weight is 301 g/mol. The standard InChI is InChI=1S/C12H13ClN2O5/c1-6(12(17)18)7(2)14-11(16)8-3-4-9(13)10(5-8)15(19)20/h3-7H,1-2H3,(H,14,16)(H,17,18). The number of nitrogens with one attached hydrogen (secondary N) is 1. The molecule has 108 valence electrons. The third-order valence-corrected chi connectivity index (χ3v) is 3.22. The first-order valence-corrected chi connectivity index (χ1v) is 6.09. The Balaban J connectivity index is 2.91. The van der Waals surface area contributed by atoms with E-state index in [1.807, 2.05) is 0 Å². The number of nitro groups is 1. The quantitative estimate of drug-likeness (QED) is 0.639. The molecule has 0 saturated carbocycles. The molecule has 8 heteroatoms. The van der Waals surface area contributed by atoms with Gasteiger partial charge in [-0.1, -0.05) is 11.6 Å². The molecule has 2 atom stereocenters. The van der Waals surface area contributed by atoms with Crippen molar-refractivity contribution in [3.05, 3.63) is 38.9 Å². The van der Waals surface area contributed by atoms with E-state index in [1.165, 1.54) is 19.1 Å². The maximum Gasteiger partial charge on any atom is 0.308 e. The van der Waals surface area contributed by atoms with E-state index in [4.69, 9.17) is 16.7 Å². The number of nitrogens with zero attached hydrogens (tertiary/aromatic N) is 1. The molecule has 0 radical (unpaired) electrons. The third-order valence-electron chi connectivity index (χ3n) is 2.90. The smallest absolute Gasteiger partial charge is 0.308 e. The lowest BCUT2D eigenvalue weighted by Gasteiger charge is -2.17. The van der Waals surface area contributed by atoms with Gasteiger partial charge in [0.15, 0.2) is 0 Å². The van der Waals surface area contributed by atoms with Crippen LogP contribution in [0.5, 0.6) is 0 Å². The fourth-order valence-electron chi connectivity index (χ4n) is 1.42. The van der Waals surface area contributed by atoms with E-state index in [2.05, 4.69) is 5.32 Å². The minimum Gasteiger partial charge on any atom is -0.481 e. The molecule has 1 aromatic rings. The summed E-state index contributed by atoms with van der Waals surface area (Å²) in [4.78, 5) is 32.7. The predicted octanol–water partition coefficient (Wildman–Crippen LogP) is 2.09. The number of hydrogen-bond donors (Lipinski definition) is 2. The van der Waals surface area contributed by atoms with Crippen LogP contribution in [0.4, 0.5) is 5.69 Å². The molecule has 20 heavy (non-hydrogen) atoms. The number of amides is 1. The Morgan fingerprint density at radius 2 is 2.00 bits per heavy atom. The highest BCUT2D eigenvalue weighted by Gasteiger charge is 2.23. The molecule has 2 N–H and O–H groups in total. The Hall–Kier alpha value is -2.15. The number of aliphatic carboxylic acids is 1. The van der Waals surface area contributed by atoms with Gasteiger partial charge in [0.05, 0.1) is 10.8 Å². The first-order valence-electron chi connectivity index (χ1n) is 5.71. The molecule has 2 unspecified atom stereocenters. The summed E-state index contributed by atoms with van der Waals surface area (Å²) in [5, 5.41) is 22.0. The average Bonchev–Trinajstić information content (AvgIpc) is 2.37. The fraction of sp³-hybridized carbons (Fsp3) is 0.333. The Morgan fingerprint density at radius 1 is 1.40 bits per heavy atom. The summed E-state index contributed by atoms with van der Waals surface area (Å²) in [6.07, 6.45) is 0. The van der Waals surface area contributed by atoms with Gasteiger partial charge < -0.3 is 10.4 Å². The van der Waals surface area contributed by atoms with Crippen LogP contribution in [-0.2, 0) is 4.79 Å². The highest BCUT2D eigenvalue weighted by atomic mass is 35.5. The van der Waals surface area contributed by atoms with E-state index in [-0.39, 0.29) is 16.3 Å². The Labute approximate surface area is 119 Å². The van der Waals surface area contributed by atoms with E-state index >= 15 is 0 Å². The number of hydrogen-bond acceptors (Lipinski definition) is 4. The van der Waals surface area contributed by atoms with Gasteiger partial charge in [0, 0.05) is 17.7 Å². The first-order chi connectivity index (χ1) is 9.23. The normalized spacial score (nSPS) is 13.3. The lowest BCUT2D eigenvalue weighted by Crippen LogP contribution is -2.40. The van der Waals surface area contributed by atoms with Gasteiger partial charge in [-0.15, -0.1) is 0 Å². The number of nitro benzene ring substituents is 1. The van der Waals surface area contributed by atoms with Crippen LogP contribution in [0, 0.1) is 16.0 Å². The van der Waals surface area contributed by atoms with Crippen molar-refractivity contribution in [1.29, 1.82) is 0 Å². The monoisotopic (exact) mass is 300 g/mol. The second-order valence-electron chi connectivity index (χ2n) is 4.31. The molecule has 0 bridgehead atoms. The van der Waals surface area contributed by atoms with Crippen LogP contribution in [-0.4, -0.2) is 27.9 Å². The lowest BCUT2D eigenvalue weighted by atomic mass is 10.0. The summed E-state index contributed by atoms with van der Waals surface area (Å²) in [7, 11) is 0. The molecule has 0 saturated heterocycles. The van der Waals surface area contributed by atoms with Crippen molar-refractivity contribution in [3.8, 4) is 0 Å². The van der Waals surface area contributed by atoms with Gasteiger partial charge in [0.2, 0.25) is 0 Å². The molecule has 0 aliphatic carbocycles. The van der Waals surface area contributed by atoms with Crippen molar-refractivity contribution < 1.29 is 19.6 Å². The van der Waals surface area contributed by atoms with E-state index in [0.717, 1.165) is 6.07 Å². The van der Waals surface area contributed by atoms with Crippen molar-refractivity contribution in [3.63, 3.8) is 0 Å². The highest BCUT2D eigenvalue weighted by Crippen LogP contribution is 2.25. The minimum atomic E-state index is -1.04. The van der Waals surface area contributed by atoms with Crippen LogP contribution in [0.1, 0.15) is 24.2 Å². The van der Waals surface area contributed by atoms with Crippen LogP contribution in [0.3, 0.4) is 0 Å². The van der Waals surface area contributed by atoms with Gasteiger partial charge in [-0.05, 0) is 26.0 Å². The van der Waals surface area contributed by atoms with Gasteiger partial charge in [0.25, 0.3) is 11.6 Å². The van der Waals surface area contributed by atoms with Gasteiger partial charge >= 0.3 is 5.97 Å². The molecule has 0 aliphatic heterocycles. The summed E-state index contributed by atoms with van der Waals surface area (Å²) in [6.45, 7) is 3.00. The largest absolute Gasteiger partial charge is 0.481 e. The third kappa shape index (κ3) is 3.67. The van der Waals surface area contributed by atoms with Crippen LogP contribution in [0.15, 0.2) is 18.2 Å². The molecule has 1 rings (SSSR count).